The minimum absolute atomic E-state index is 0.370. The summed E-state index contributed by atoms with van der Waals surface area (Å²) in [5, 5.41) is 1.95. The zero-order valence-electron chi connectivity index (χ0n) is 18.4. The molecule has 0 bridgehead atoms. The van der Waals surface area contributed by atoms with Crippen molar-refractivity contribution in [3.63, 3.8) is 0 Å². The molecule has 0 radical (unpaired) electrons. The molecule has 1 atom stereocenters. The van der Waals surface area contributed by atoms with Gasteiger partial charge in [-0.3, -0.25) is 0 Å². The molecule has 0 fully saturated rings. The van der Waals surface area contributed by atoms with Crippen molar-refractivity contribution >= 4 is 16.7 Å². The zero-order chi connectivity index (χ0) is 21.1. The first kappa shape index (κ1) is 21.2. The van der Waals surface area contributed by atoms with Crippen LogP contribution in [-0.2, 0) is 17.6 Å². The minimum Gasteiger partial charge on any atom is -0.496 e. The number of fused-ring (bicyclic) bond motifs is 2. The van der Waals surface area contributed by atoms with E-state index < -0.39 is 0 Å². The number of carbonyl (C=O) groups excluding carboxylic acids is 1. The van der Waals surface area contributed by atoms with Gasteiger partial charge in [-0.15, -0.1) is 0 Å². The molecular formula is C26H32O3. The highest BCUT2D eigenvalue weighted by molar-refractivity contribution is 5.99. The van der Waals surface area contributed by atoms with E-state index in [1.165, 1.54) is 11.1 Å². The van der Waals surface area contributed by atoms with Crippen molar-refractivity contribution in [3.8, 4) is 11.5 Å². The molecule has 1 unspecified atom stereocenters. The number of rotatable bonds is 6. The van der Waals surface area contributed by atoms with Gasteiger partial charge in [0.1, 0.15) is 11.5 Å². The van der Waals surface area contributed by atoms with Crippen LogP contribution in [0.25, 0.3) is 10.8 Å². The first-order valence-electron chi connectivity index (χ1n) is 10.4. The molecule has 0 N–H and O–H groups in total. The summed E-state index contributed by atoms with van der Waals surface area (Å²) < 4.78 is 11.8. The van der Waals surface area contributed by atoms with Crippen molar-refractivity contribution in [3.05, 3.63) is 58.7 Å². The number of carbonyl (C=O) groups is 1. The standard InChI is InChI=1S/C26H32O3/c1-16(2)8-7-9-19-11-13-20-23(15-19)25(29-26(27)17(3)4)21-12-10-18(5)14-22(21)24(20)28-6/h8,10,12,14,19H,3,7,9,11,13,15H2,1-2,4-6H3. The number of hydrogen-bond donors (Lipinski definition) is 0. The number of ether oxygens (including phenoxy) is 2. The highest BCUT2D eigenvalue weighted by atomic mass is 16.5. The molecule has 0 aromatic heterocycles. The van der Waals surface area contributed by atoms with Gasteiger partial charge in [-0.25, -0.2) is 4.79 Å². The second-order valence-corrected chi connectivity index (χ2v) is 8.51. The second-order valence-electron chi connectivity index (χ2n) is 8.51. The van der Waals surface area contributed by atoms with E-state index in [0.29, 0.717) is 17.2 Å². The third kappa shape index (κ3) is 4.55. The van der Waals surface area contributed by atoms with Gasteiger partial charge in [0, 0.05) is 27.5 Å². The summed E-state index contributed by atoms with van der Waals surface area (Å²) >= 11 is 0. The number of allylic oxidation sites excluding steroid dienone is 2. The van der Waals surface area contributed by atoms with E-state index >= 15 is 0 Å². The molecule has 3 heteroatoms. The summed E-state index contributed by atoms with van der Waals surface area (Å²) in [5.74, 6) is 1.83. The Kier molecular flexibility index (Phi) is 6.46. The summed E-state index contributed by atoms with van der Waals surface area (Å²) in [5.41, 5.74) is 5.24. The van der Waals surface area contributed by atoms with Gasteiger partial charge in [0.05, 0.1) is 7.11 Å². The van der Waals surface area contributed by atoms with Crippen molar-refractivity contribution in [1.82, 2.24) is 0 Å². The highest BCUT2D eigenvalue weighted by Crippen LogP contribution is 2.46. The van der Waals surface area contributed by atoms with E-state index in [1.54, 1.807) is 14.0 Å². The molecule has 1 aliphatic carbocycles. The Hall–Kier alpha value is -2.55. The number of esters is 1. The Bertz CT molecular complexity index is 977. The lowest BCUT2D eigenvalue weighted by atomic mass is 9.79. The van der Waals surface area contributed by atoms with Crippen LogP contribution in [-0.4, -0.2) is 13.1 Å². The van der Waals surface area contributed by atoms with Gasteiger partial charge in [-0.05, 0) is 71.8 Å². The Labute approximate surface area is 174 Å². The normalized spacial score (nSPS) is 15.6. The maximum atomic E-state index is 12.4. The molecule has 0 spiro atoms. The molecule has 0 amide bonds. The van der Waals surface area contributed by atoms with Crippen molar-refractivity contribution in [1.29, 1.82) is 0 Å². The molecule has 29 heavy (non-hydrogen) atoms. The molecule has 3 rings (SSSR count). The quantitative estimate of drug-likeness (QED) is 0.244. The summed E-state index contributed by atoms with van der Waals surface area (Å²) in [6.07, 6.45) is 7.52. The average Bonchev–Trinajstić information content (AvgIpc) is 2.67. The maximum absolute atomic E-state index is 12.4. The fourth-order valence-corrected chi connectivity index (χ4v) is 4.25. The first-order valence-corrected chi connectivity index (χ1v) is 10.4. The summed E-state index contributed by atoms with van der Waals surface area (Å²) in [4.78, 5) is 12.4. The third-order valence-corrected chi connectivity index (χ3v) is 5.75. The van der Waals surface area contributed by atoms with Gasteiger partial charge in [0.2, 0.25) is 0 Å². The minimum atomic E-state index is -0.370. The van der Waals surface area contributed by atoms with Crippen LogP contribution in [0, 0.1) is 12.8 Å². The number of hydrogen-bond acceptors (Lipinski definition) is 3. The molecule has 154 valence electrons. The predicted molar refractivity (Wildman–Crippen MR) is 120 cm³/mol. The molecule has 3 nitrogen and oxygen atoms in total. The van der Waals surface area contributed by atoms with Crippen LogP contribution >= 0.6 is 0 Å². The van der Waals surface area contributed by atoms with Gasteiger partial charge < -0.3 is 9.47 Å². The molecule has 2 aromatic carbocycles. The number of aryl methyl sites for hydroxylation is 1. The van der Waals surface area contributed by atoms with Crippen molar-refractivity contribution in [2.45, 2.75) is 59.8 Å². The lowest BCUT2D eigenvalue weighted by Crippen LogP contribution is -2.19. The Morgan fingerprint density at radius 1 is 1.17 bits per heavy atom. The zero-order valence-corrected chi connectivity index (χ0v) is 18.4. The molecule has 1 aliphatic rings. The Morgan fingerprint density at radius 2 is 1.93 bits per heavy atom. The topological polar surface area (TPSA) is 35.5 Å². The Morgan fingerprint density at radius 3 is 2.59 bits per heavy atom. The van der Waals surface area contributed by atoms with E-state index in [-0.39, 0.29) is 5.97 Å². The van der Waals surface area contributed by atoms with Crippen LogP contribution in [0.15, 0.2) is 42.0 Å². The monoisotopic (exact) mass is 392 g/mol. The maximum Gasteiger partial charge on any atom is 0.338 e. The fraction of sp³-hybridized carbons (Fsp3) is 0.423. The van der Waals surface area contributed by atoms with E-state index in [1.807, 2.05) is 6.07 Å². The molecule has 0 saturated heterocycles. The van der Waals surface area contributed by atoms with Gasteiger partial charge >= 0.3 is 5.97 Å². The smallest absolute Gasteiger partial charge is 0.338 e. The van der Waals surface area contributed by atoms with Crippen molar-refractivity contribution < 1.29 is 14.3 Å². The van der Waals surface area contributed by atoms with Gasteiger partial charge in [-0.1, -0.05) is 35.9 Å². The highest BCUT2D eigenvalue weighted by Gasteiger charge is 2.28. The molecule has 0 heterocycles. The van der Waals surface area contributed by atoms with Crippen LogP contribution < -0.4 is 9.47 Å². The van der Waals surface area contributed by atoms with Crippen LogP contribution in [0.4, 0.5) is 0 Å². The van der Waals surface area contributed by atoms with E-state index in [0.717, 1.165) is 59.8 Å². The third-order valence-electron chi connectivity index (χ3n) is 5.75. The Balaban J connectivity index is 2.11. The summed E-state index contributed by atoms with van der Waals surface area (Å²) in [6.45, 7) is 11.8. The lowest BCUT2D eigenvalue weighted by Gasteiger charge is -2.29. The molecule has 0 saturated carbocycles. The van der Waals surface area contributed by atoms with Crippen molar-refractivity contribution in [2.24, 2.45) is 5.92 Å². The first-order chi connectivity index (χ1) is 13.8. The molecule has 0 aliphatic heterocycles. The molecule has 2 aromatic rings. The predicted octanol–water partition coefficient (Wildman–Crippen LogP) is 6.49. The SMILES string of the molecule is C=C(C)C(=O)Oc1c2c(c(OC)c3cc(C)ccc13)CCC(CCC=C(C)C)C2. The van der Waals surface area contributed by atoms with Gasteiger partial charge in [0.25, 0.3) is 0 Å². The lowest BCUT2D eigenvalue weighted by molar-refractivity contribution is -0.130. The van der Waals surface area contributed by atoms with E-state index in [4.69, 9.17) is 9.47 Å². The summed E-state index contributed by atoms with van der Waals surface area (Å²) in [6, 6.07) is 6.22. The van der Waals surface area contributed by atoms with Gasteiger partial charge in [-0.2, -0.15) is 0 Å². The van der Waals surface area contributed by atoms with Crippen LogP contribution in [0.5, 0.6) is 11.5 Å². The van der Waals surface area contributed by atoms with E-state index in [2.05, 4.69) is 45.6 Å². The number of methoxy groups -OCH3 is 1. The molecular weight excluding hydrogens is 360 g/mol. The average molecular weight is 393 g/mol. The van der Waals surface area contributed by atoms with Crippen molar-refractivity contribution in [2.75, 3.05) is 7.11 Å². The summed E-state index contributed by atoms with van der Waals surface area (Å²) in [7, 11) is 1.73. The number of benzene rings is 2. The van der Waals surface area contributed by atoms with Crippen LogP contribution in [0.1, 0.15) is 56.7 Å². The van der Waals surface area contributed by atoms with Crippen LogP contribution in [0.3, 0.4) is 0 Å². The largest absolute Gasteiger partial charge is 0.496 e. The van der Waals surface area contributed by atoms with Gasteiger partial charge in [0.15, 0.2) is 0 Å². The fourth-order valence-electron chi connectivity index (χ4n) is 4.25. The second kappa shape index (κ2) is 8.86. The van der Waals surface area contributed by atoms with E-state index in [9.17, 15) is 4.79 Å². The van der Waals surface area contributed by atoms with Crippen LogP contribution in [0.2, 0.25) is 0 Å².